The summed E-state index contributed by atoms with van der Waals surface area (Å²) in [5, 5.41) is 7.56. The molecule has 0 unspecified atom stereocenters. The summed E-state index contributed by atoms with van der Waals surface area (Å²) in [7, 11) is 0. The first-order valence-electron chi connectivity index (χ1n) is 9.96. The highest BCUT2D eigenvalue weighted by Crippen LogP contribution is 2.53. The van der Waals surface area contributed by atoms with Gasteiger partial charge in [0.15, 0.2) is 0 Å². The Bertz CT molecular complexity index is 1230. The van der Waals surface area contributed by atoms with E-state index in [2.05, 4.69) is 17.0 Å². The summed E-state index contributed by atoms with van der Waals surface area (Å²) in [5.74, 6) is 0.257. The summed E-state index contributed by atoms with van der Waals surface area (Å²) in [6.45, 7) is 8.19. The van der Waals surface area contributed by atoms with Crippen molar-refractivity contribution in [2.45, 2.75) is 25.7 Å². The number of anilines is 2. The molecular weight excluding hydrogens is 376 g/mol. The van der Waals surface area contributed by atoms with Gasteiger partial charge in [0.05, 0.1) is 17.6 Å². The molecule has 0 fully saturated rings. The number of fused-ring (bicyclic) bond motifs is 4. The molecule has 6 nitrogen and oxygen atoms in total. The maximum Gasteiger partial charge on any atom is 0.243 e. The number of aryl methyl sites for hydroxylation is 2. The van der Waals surface area contributed by atoms with Gasteiger partial charge < -0.3 is 10.2 Å². The highest BCUT2D eigenvalue weighted by molar-refractivity contribution is 6.16. The zero-order chi connectivity index (χ0) is 21.0. The highest BCUT2D eigenvalue weighted by atomic mass is 16.2. The molecule has 0 saturated heterocycles. The molecule has 2 aromatic carbocycles. The molecule has 1 N–H and O–H groups in total. The number of rotatable bonds is 3. The summed E-state index contributed by atoms with van der Waals surface area (Å²) >= 11 is 0. The molecule has 2 amide bonds. The first kappa shape index (κ1) is 18.4. The van der Waals surface area contributed by atoms with E-state index >= 15 is 0 Å². The number of amides is 2. The SMILES string of the molecule is C=CCN1C(=O)[C@@]2(CC(=O)Nc3c2cnn3-c2ccccc2C)c2cccc(C)c21. The van der Waals surface area contributed by atoms with Crippen molar-refractivity contribution >= 4 is 23.3 Å². The van der Waals surface area contributed by atoms with Crippen LogP contribution < -0.4 is 10.2 Å². The maximum atomic E-state index is 13.9. The molecule has 150 valence electrons. The standard InChI is InChI=1S/C24H22N4O2/c1-4-12-27-21-16(3)9-7-10-17(21)24(23(27)30)13-20(29)26-22-18(24)14-25-28(22)19-11-6-5-8-15(19)2/h4-11,14H,1,12-13H2,2-3H3,(H,26,29)/t24-/m0/s1. The zero-order valence-corrected chi connectivity index (χ0v) is 17.0. The summed E-state index contributed by atoms with van der Waals surface area (Å²) in [6, 6.07) is 13.7. The van der Waals surface area contributed by atoms with Crippen LogP contribution in [0.25, 0.3) is 5.69 Å². The topological polar surface area (TPSA) is 67.2 Å². The van der Waals surface area contributed by atoms with Gasteiger partial charge in [-0.2, -0.15) is 5.10 Å². The van der Waals surface area contributed by atoms with Gasteiger partial charge in [-0.3, -0.25) is 9.59 Å². The number of carbonyl (C=O) groups is 2. The monoisotopic (exact) mass is 398 g/mol. The van der Waals surface area contributed by atoms with E-state index in [4.69, 9.17) is 0 Å². The Hall–Kier alpha value is -3.67. The molecule has 1 spiro atoms. The van der Waals surface area contributed by atoms with Crippen LogP contribution in [0, 0.1) is 13.8 Å². The summed E-state index contributed by atoms with van der Waals surface area (Å²) < 4.78 is 1.72. The van der Waals surface area contributed by atoms with Crippen molar-refractivity contribution in [1.29, 1.82) is 0 Å². The van der Waals surface area contributed by atoms with Crippen LogP contribution >= 0.6 is 0 Å². The Kier molecular flexibility index (Phi) is 3.93. The lowest BCUT2D eigenvalue weighted by Gasteiger charge is -2.32. The normalized spacial score (nSPS) is 19.6. The summed E-state index contributed by atoms with van der Waals surface area (Å²) in [6.07, 6.45) is 3.50. The molecule has 0 saturated carbocycles. The molecule has 6 heteroatoms. The van der Waals surface area contributed by atoms with E-state index in [0.717, 1.165) is 33.6 Å². The first-order chi connectivity index (χ1) is 14.5. The molecule has 0 bridgehead atoms. The van der Waals surface area contributed by atoms with Gasteiger partial charge in [-0.15, -0.1) is 6.58 Å². The maximum absolute atomic E-state index is 13.9. The molecule has 1 atom stereocenters. The van der Waals surface area contributed by atoms with Crippen molar-refractivity contribution < 1.29 is 9.59 Å². The second-order valence-corrected chi connectivity index (χ2v) is 7.91. The molecule has 3 aromatic rings. The van der Waals surface area contributed by atoms with Crippen LogP contribution in [0.1, 0.15) is 28.7 Å². The molecular formula is C24H22N4O2. The molecule has 2 aliphatic rings. The zero-order valence-electron chi connectivity index (χ0n) is 17.0. The largest absolute Gasteiger partial charge is 0.310 e. The Morgan fingerprint density at radius 3 is 2.63 bits per heavy atom. The molecule has 3 heterocycles. The Labute approximate surface area is 174 Å². The number of hydrogen-bond acceptors (Lipinski definition) is 3. The quantitative estimate of drug-likeness (QED) is 0.685. The average Bonchev–Trinajstić information content (AvgIpc) is 3.24. The van der Waals surface area contributed by atoms with Crippen molar-refractivity contribution in [3.05, 3.63) is 83.6 Å². The minimum absolute atomic E-state index is 0.0579. The van der Waals surface area contributed by atoms with E-state index in [9.17, 15) is 9.59 Å². The highest BCUT2D eigenvalue weighted by Gasteiger charge is 2.57. The smallest absolute Gasteiger partial charge is 0.243 e. The Morgan fingerprint density at radius 2 is 1.87 bits per heavy atom. The van der Waals surface area contributed by atoms with Gasteiger partial charge in [0, 0.05) is 18.5 Å². The molecule has 30 heavy (non-hydrogen) atoms. The predicted molar refractivity (Wildman–Crippen MR) is 116 cm³/mol. The molecule has 2 aliphatic heterocycles. The average molecular weight is 398 g/mol. The summed E-state index contributed by atoms with van der Waals surface area (Å²) in [5.41, 5.74) is 4.27. The van der Waals surface area contributed by atoms with Crippen molar-refractivity contribution in [2.75, 3.05) is 16.8 Å². The predicted octanol–water partition coefficient (Wildman–Crippen LogP) is 3.65. The molecule has 5 rings (SSSR count). The third-order valence-electron chi connectivity index (χ3n) is 6.15. The number of aromatic nitrogens is 2. The first-order valence-corrected chi connectivity index (χ1v) is 9.96. The van der Waals surface area contributed by atoms with Crippen molar-refractivity contribution in [3.63, 3.8) is 0 Å². The fourth-order valence-electron chi connectivity index (χ4n) is 4.82. The van der Waals surface area contributed by atoms with Gasteiger partial charge >= 0.3 is 0 Å². The van der Waals surface area contributed by atoms with Crippen LogP contribution in [0.5, 0.6) is 0 Å². The van der Waals surface area contributed by atoms with Crippen LogP contribution in [-0.2, 0) is 15.0 Å². The van der Waals surface area contributed by atoms with E-state index in [1.807, 2.05) is 56.3 Å². The number of nitrogens with zero attached hydrogens (tertiary/aromatic N) is 3. The van der Waals surface area contributed by atoms with E-state index < -0.39 is 5.41 Å². The molecule has 1 aromatic heterocycles. The minimum Gasteiger partial charge on any atom is -0.310 e. The fraction of sp³-hybridized carbons (Fsp3) is 0.208. The van der Waals surface area contributed by atoms with Crippen LogP contribution in [-0.4, -0.2) is 28.1 Å². The number of hydrogen-bond donors (Lipinski definition) is 1. The Morgan fingerprint density at radius 1 is 1.10 bits per heavy atom. The third kappa shape index (κ3) is 2.27. The van der Waals surface area contributed by atoms with Gasteiger partial charge in [0.1, 0.15) is 11.2 Å². The molecule has 0 aliphatic carbocycles. The lowest BCUT2D eigenvalue weighted by Crippen LogP contribution is -2.46. The second-order valence-electron chi connectivity index (χ2n) is 7.91. The van der Waals surface area contributed by atoms with Crippen molar-refractivity contribution in [3.8, 4) is 5.69 Å². The second kappa shape index (κ2) is 6.42. The molecule has 0 radical (unpaired) electrons. The van der Waals surface area contributed by atoms with E-state index in [0.29, 0.717) is 12.4 Å². The number of para-hydroxylation sites is 2. The third-order valence-corrected chi connectivity index (χ3v) is 6.15. The van der Waals surface area contributed by atoms with E-state index in [-0.39, 0.29) is 18.2 Å². The van der Waals surface area contributed by atoms with Gasteiger partial charge in [-0.05, 0) is 36.6 Å². The van der Waals surface area contributed by atoms with E-state index in [1.165, 1.54) is 0 Å². The van der Waals surface area contributed by atoms with Crippen LogP contribution in [0.15, 0.2) is 61.3 Å². The van der Waals surface area contributed by atoms with Crippen LogP contribution in [0.4, 0.5) is 11.5 Å². The van der Waals surface area contributed by atoms with Crippen molar-refractivity contribution in [2.24, 2.45) is 0 Å². The van der Waals surface area contributed by atoms with Gasteiger partial charge in [0.2, 0.25) is 11.8 Å². The number of carbonyl (C=O) groups excluding carboxylic acids is 2. The lowest BCUT2D eigenvalue weighted by atomic mass is 9.71. The Balaban J connectivity index is 1.80. The lowest BCUT2D eigenvalue weighted by molar-refractivity contribution is -0.126. The van der Waals surface area contributed by atoms with Gasteiger partial charge in [-0.1, -0.05) is 42.5 Å². The van der Waals surface area contributed by atoms with Crippen molar-refractivity contribution in [1.82, 2.24) is 9.78 Å². The minimum atomic E-state index is -1.08. The summed E-state index contributed by atoms with van der Waals surface area (Å²) in [4.78, 5) is 28.5. The number of benzene rings is 2. The van der Waals surface area contributed by atoms with Gasteiger partial charge in [0.25, 0.3) is 0 Å². The van der Waals surface area contributed by atoms with Crippen LogP contribution in [0.2, 0.25) is 0 Å². The number of nitrogens with one attached hydrogen (secondary N) is 1. The van der Waals surface area contributed by atoms with Gasteiger partial charge in [-0.25, -0.2) is 4.68 Å². The van der Waals surface area contributed by atoms with E-state index in [1.54, 1.807) is 21.9 Å². The van der Waals surface area contributed by atoms with Crippen LogP contribution in [0.3, 0.4) is 0 Å². The fourth-order valence-corrected chi connectivity index (χ4v) is 4.82.